The van der Waals surface area contributed by atoms with Crippen LogP contribution in [0.4, 0.5) is 0 Å². The van der Waals surface area contributed by atoms with Gasteiger partial charge in [0.1, 0.15) is 0 Å². The average molecular weight is 377 g/mol. The summed E-state index contributed by atoms with van der Waals surface area (Å²) < 4.78 is 34.9. The molecule has 0 bridgehead atoms. The number of allylic oxidation sites excluding steroid dienone is 1. The van der Waals surface area contributed by atoms with E-state index in [0.717, 1.165) is 19.3 Å². The predicted molar refractivity (Wildman–Crippen MR) is 106 cm³/mol. The minimum atomic E-state index is -4.34. The van der Waals surface area contributed by atoms with E-state index in [-0.39, 0.29) is 12.5 Å². The van der Waals surface area contributed by atoms with E-state index in [2.05, 4.69) is 30.2 Å². The topological polar surface area (TPSA) is 63.6 Å². The summed E-state index contributed by atoms with van der Waals surface area (Å²) in [6, 6.07) is 0. The molecule has 5 heteroatoms. The summed E-state index contributed by atoms with van der Waals surface area (Å²) in [7, 11) is -4.34. The first kappa shape index (κ1) is 24.6. The lowest BCUT2D eigenvalue weighted by molar-refractivity contribution is 0.234. The third-order valence-electron chi connectivity index (χ3n) is 4.49. The highest BCUT2D eigenvalue weighted by atomic mass is 32.3. The maximum Gasteiger partial charge on any atom is 0.397 e. The Morgan fingerprint density at radius 2 is 1.36 bits per heavy atom. The molecule has 0 aliphatic heterocycles. The minimum absolute atomic E-state index is 0.0425. The van der Waals surface area contributed by atoms with Gasteiger partial charge in [-0.25, -0.2) is 4.18 Å². The van der Waals surface area contributed by atoms with Crippen LogP contribution in [0.5, 0.6) is 0 Å². The van der Waals surface area contributed by atoms with Gasteiger partial charge >= 0.3 is 10.4 Å². The van der Waals surface area contributed by atoms with Gasteiger partial charge in [0.15, 0.2) is 0 Å². The van der Waals surface area contributed by atoms with E-state index in [9.17, 15) is 8.42 Å². The van der Waals surface area contributed by atoms with Crippen molar-refractivity contribution in [2.45, 2.75) is 104 Å². The van der Waals surface area contributed by atoms with Crippen LogP contribution in [0.2, 0.25) is 0 Å². The molecule has 0 heterocycles. The summed E-state index contributed by atoms with van der Waals surface area (Å²) in [5.74, 6) is 0.0631. The van der Waals surface area contributed by atoms with Gasteiger partial charge < -0.3 is 0 Å². The third-order valence-corrected chi connectivity index (χ3v) is 4.93. The predicted octanol–water partition coefficient (Wildman–Crippen LogP) is 6.48. The Bertz CT molecular complexity index is 404. The normalized spacial score (nSPS) is 13.6. The Kier molecular flexibility index (Phi) is 16.8. The van der Waals surface area contributed by atoms with E-state index in [0.29, 0.717) is 0 Å². The van der Waals surface area contributed by atoms with E-state index in [1.807, 2.05) is 0 Å². The zero-order valence-corrected chi connectivity index (χ0v) is 17.2. The second-order valence-electron chi connectivity index (χ2n) is 7.01. The summed E-state index contributed by atoms with van der Waals surface area (Å²) in [4.78, 5) is 0. The SMILES string of the molecule is CCCCCCCC/C=C/C(CCCCCCCC)COS(=O)(=O)O. The Balaban J connectivity index is 4.00. The molecule has 0 aliphatic carbocycles. The van der Waals surface area contributed by atoms with Crippen molar-refractivity contribution in [1.29, 1.82) is 0 Å². The van der Waals surface area contributed by atoms with Crippen molar-refractivity contribution in [2.24, 2.45) is 5.92 Å². The quantitative estimate of drug-likeness (QED) is 0.169. The molecule has 1 unspecified atom stereocenters. The van der Waals surface area contributed by atoms with Crippen LogP contribution >= 0.6 is 0 Å². The molecule has 0 aromatic rings. The monoisotopic (exact) mass is 376 g/mol. The molecule has 0 aliphatic rings. The molecule has 1 atom stereocenters. The number of hydrogen-bond donors (Lipinski definition) is 1. The molecule has 0 rings (SSSR count). The Morgan fingerprint density at radius 1 is 0.840 bits per heavy atom. The van der Waals surface area contributed by atoms with Gasteiger partial charge in [-0.1, -0.05) is 96.6 Å². The van der Waals surface area contributed by atoms with Crippen LogP contribution < -0.4 is 0 Å². The van der Waals surface area contributed by atoms with Gasteiger partial charge in [-0.05, 0) is 19.3 Å². The molecular weight excluding hydrogens is 336 g/mol. The molecule has 4 nitrogen and oxygen atoms in total. The van der Waals surface area contributed by atoms with Crippen LogP contribution in [0.1, 0.15) is 104 Å². The van der Waals surface area contributed by atoms with E-state index in [4.69, 9.17) is 4.55 Å². The molecule has 1 N–H and O–H groups in total. The van der Waals surface area contributed by atoms with E-state index in [1.54, 1.807) is 0 Å². The van der Waals surface area contributed by atoms with Crippen molar-refractivity contribution >= 4 is 10.4 Å². The van der Waals surface area contributed by atoms with E-state index in [1.165, 1.54) is 70.6 Å². The minimum Gasteiger partial charge on any atom is -0.264 e. The lowest BCUT2D eigenvalue weighted by Crippen LogP contribution is -2.12. The van der Waals surface area contributed by atoms with Crippen LogP contribution in [-0.4, -0.2) is 19.6 Å². The first-order chi connectivity index (χ1) is 12.0. The number of rotatable bonds is 18. The molecule has 0 aromatic carbocycles. The molecule has 150 valence electrons. The lowest BCUT2D eigenvalue weighted by Gasteiger charge is -2.12. The van der Waals surface area contributed by atoms with E-state index < -0.39 is 10.4 Å². The lowest BCUT2D eigenvalue weighted by atomic mass is 9.99. The van der Waals surface area contributed by atoms with Crippen molar-refractivity contribution in [1.82, 2.24) is 0 Å². The van der Waals surface area contributed by atoms with Gasteiger partial charge in [0.2, 0.25) is 0 Å². The van der Waals surface area contributed by atoms with Crippen molar-refractivity contribution < 1.29 is 17.2 Å². The largest absolute Gasteiger partial charge is 0.397 e. The fourth-order valence-electron chi connectivity index (χ4n) is 2.93. The number of unbranched alkanes of at least 4 members (excludes halogenated alkanes) is 11. The van der Waals surface area contributed by atoms with Crippen molar-refractivity contribution in [3.05, 3.63) is 12.2 Å². The molecule has 0 saturated heterocycles. The highest BCUT2D eigenvalue weighted by molar-refractivity contribution is 7.80. The molecule has 0 amide bonds. The highest BCUT2D eigenvalue weighted by Gasteiger charge is 2.11. The van der Waals surface area contributed by atoms with Crippen LogP contribution in [0.25, 0.3) is 0 Å². The Hall–Kier alpha value is -0.390. The smallest absolute Gasteiger partial charge is 0.264 e. The maximum absolute atomic E-state index is 10.8. The van der Waals surface area contributed by atoms with Gasteiger partial charge in [-0.3, -0.25) is 4.55 Å². The second-order valence-corrected chi connectivity index (χ2v) is 8.10. The molecule has 0 fully saturated rings. The highest BCUT2D eigenvalue weighted by Crippen LogP contribution is 2.16. The van der Waals surface area contributed by atoms with Gasteiger partial charge in [0, 0.05) is 5.92 Å². The third kappa shape index (κ3) is 19.8. The van der Waals surface area contributed by atoms with Gasteiger partial charge in [-0.15, -0.1) is 0 Å². The molecule has 0 aromatic heterocycles. The van der Waals surface area contributed by atoms with Crippen molar-refractivity contribution in [2.75, 3.05) is 6.61 Å². The molecule has 0 saturated carbocycles. The zero-order chi connectivity index (χ0) is 18.8. The fourth-order valence-corrected chi connectivity index (χ4v) is 3.27. The maximum atomic E-state index is 10.8. The number of hydrogen-bond acceptors (Lipinski definition) is 3. The summed E-state index contributed by atoms with van der Waals surface area (Å²) in [5, 5.41) is 0. The van der Waals surface area contributed by atoms with Gasteiger partial charge in [0.25, 0.3) is 0 Å². The summed E-state index contributed by atoms with van der Waals surface area (Å²) >= 11 is 0. The van der Waals surface area contributed by atoms with Crippen LogP contribution in [-0.2, 0) is 14.6 Å². The first-order valence-electron chi connectivity index (χ1n) is 10.3. The van der Waals surface area contributed by atoms with Gasteiger partial charge in [-0.2, -0.15) is 8.42 Å². The molecule has 25 heavy (non-hydrogen) atoms. The molecule has 0 radical (unpaired) electrons. The Morgan fingerprint density at radius 3 is 1.92 bits per heavy atom. The van der Waals surface area contributed by atoms with Gasteiger partial charge in [0.05, 0.1) is 6.61 Å². The zero-order valence-electron chi connectivity index (χ0n) is 16.4. The summed E-state index contributed by atoms with van der Waals surface area (Å²) in [6.45, 7) is 4.47. The van der Waals surface area contributed by atoms with E-state index >= 15 is 0 Å². The fraction of sp³-hybridized carbons (Fsp3) is 0.900. The Labute approximate surface area is 156 Å². The standard InChI is InChI=1S/C20H40O4S/c1-3-5-7-9-11-12-14-16-18-20(19-24-25(21,22)23)17-15-13-10-8-6-4-2/h16,18,20H,3-15,17,19H2,1-2H3,(H,21,22,23)/b18-16+. The van der Waals surface area contributed by atoms with Crippen molar-refractivity contribution in [3.8, 4) is 0 Å². The van der Waals surface area contributed by atoms with Crippen molar-refractivity contribution in [3.63, 3.8) is 0 Å². The summed E-state index contributed by atoms with van der Waals surface area (Å²) in [5.41, 5.74) is 0. The van der Waals surface area contributed by atoms with Crippen LogP contribution in [0.15, 0.2) is 12.2 Å². The first-order valence-corrected chi connectivity index (χ1v) is 11.6. The average Bonchev–Trinajstić information content (AvgIpc) is 2.56. The second kappa shape index (κ2) is 17.0. The van der Waals surface area contributed by atoms with Crippen LogP contribution in [0.3, 0.4) is 0 Å². The molecule has 0 spiro atoms. The molecular formula is C20H40O4S. The van der Waals surface area contributed by atoms with Crippen LogP contribution in [0, 0.1) is 5.92 Å². The summed E-state index contributed by atoms with van der Waals surface area (Å²) in [6.07, 6.45) is 21.1.